The number of hydrogen-bond donors (Lipinski definition) is 4. The van der Waals surface area contributed by atoms with Crippen molar-refractivity contribution in [3.05, 3.63) is 89.5 Å². The van der Waals surface area contributed by atoms with Gasteiger partial charge in [-0.1, -0.05) is 107 Å². The molecule has 6 nitrogen and oxygen atoms in total. The summed E-state index contributed by atoms with van der Waals surface area (Å²) in [4.78, 5) is 27.2. The number of hydrogen-bond acceptors (Lipinski definition) is 4. The van der Waals surface area contributed by atoms with E-state index in [2.05, 4.69) is 71.6 Å². The fourth-order valence-electron chi connectivity index (χ4n) is 13.8. The van der Waals surface area contributed by atoms with Gasteiger partial charge in [-0.2, -0.15) is 0 Å². The molecule has 4 saturated carbocycles. The SMILES string of the molecule is C=C(C)[C@@H]1CC[C@]2(C(=O)N[C@@H](Cc3ccccc3)C(=O)O)CC[C@]3(C)[C@H](CC[C@@H]4[C@@]5(C)CC=C(c6ccc(C(O)O)cc6)C(C)(C)[C@@H]5CC[C@]43C)[C@@H]12. The molecule has 0 spiro atoms. The van der Waals surface area contributed by atoms with Gasteiger partial charge >= 0.3 is 5.97 Å². The van der Waals surface area contributed by atoms with Gasteiger partial charge in [-0.25, -0.2) is 4.79 Å². The summed E-state index contributed by atoms with van der Waals surface area (Å²) in [7, 11) is 0. The molecule has 5 aliphatic carbocycles. The number of aliphatic hydroxyl groups is 2. The molecular formula is C46H61NO5. The molecule has 10 atom stereocenters. The Kier molecular flexibility index (Phi) is 9.26. The zero-order chi connectivity index (χ0) is 37.4. The largest absolute Gasteiger partial charge is 0.480 e. The number of carbonyl (C=O) groups is 2. The fraction of sp³-hybridized carbons (Fsp3) is 0.609. The van der Waals surface area contributed by atoms with Crippen molar-refractivity contribution in [3.63, 3.8) is 0 Å². The standard InChI is InChI=1S/C46H61NO5/c1-28(2)32-19-24-46(41(52)47-35(40(50)51)27-29-11-9-8-10-12-29)26-25-44(6)34(38(32)46)17-18-37-43(5)22-20-33(30-13-15-31(16-14-30)39(48)49)42(3,4)36(43)21-23-45(37,44)7/h8-16,20,32,34-39,48-49H,1,17-19,21-27H2,2-7H3,(H,47,52)(H,50,51)/t32-,34+,35-,36-,37+,38+,43-,44+,45+,46-/m0/s1. The van der Waals surface area contributed by atoms with Gasteiger partial charge in [0.1, 0.15) is 6.04 Å². The third-order valence-electron chi connectivity index (χ3n) is 16.5. The maximum absolute atomic E-state index is 14.7. The lowest BCUT2D eigenvalue weighted by Crippen LogP contribution is -2.66. The van der Waals surface area contributed by atoms with Crippen LogP contribution in [0.4, 0.5) is 0 Å². The molecule has 4 fully saturated rings. The number of carboxylic acid groups (broad SMARTS) is 1. The molecule has 2 aromatic carbocycles. The van der Waals surface area contributed by atoms with Crippen LogP contribution in [0.2, 0.25) is 0 Å². The Balaban J connectivity index is 1.19. The molecule has 0 aromatic heterocycles. The molecular weight excluding hydrogens is 647 g/mol. The van der Waals surface area contributed by atoms with E-state index in [9.17, 15) is 24.9 Å². The van der Waals surface area contributed by atoms with E-state index in [-0.39, 0.29) is 45.8 Å². The first-order chi connectivity index (χ1) is 24.5. The minimum Gasteiger partial charge on any atom is -0.480 e. The van der Waals surface area contributed by atoms with E-state index in [0.717, 1.165) is 56.9 Å². The van der Waals surface area contributed by atoms with Crippen molar-refractivity contribution < 1.29 is 24.9 Å². The molecule has 0 unspecified atom stereocenters. The molecule has 2 aromatic rings. The number of amides is 1. The summed E-state index contributed by atoms with van der Waals surface area (Å²) in [5.41, 5.74) is 4.82. The van der Waals surface area contributed by atoms with Gasteiger partial charge in [0.05, 0.1) is 5.41 Å². The van der Waals surface area contributed by atoms with Gasteiger partial charge < -0.3 is 20.6 Å². The summed E-state index contributed by atoms with van der Waals surface area (Å²) in [5.74, 6) is 0.831. The quantitative estimate of drug-likeness (QED) is 0.162. The van der Waals surface area contributed by atoms with Crippen LogP contribution in [-0.2, 0) is 16.0 Å². The van der Waals surface area contributed by atoms with Crippen LogP contribution in [0, 0.1) is 56.7 Å². The normalized spacial score (nSPS) is 38.2. The first-order valence-corrected chi connectivity index (χ1v) is 19.9. The van der Waals surface area contributed by atoms with Gasteiger partial charge in [0.2, 0.25) is 5.91 Å². The molecule has 7 rings (SSSR count). The zero-order valence-electron chi connectivity index (χ0n) is 32.3. The van der Waals surface area contributed by atoms with E-state index in [1.807, 2.05) is 42.5 Å². The summed E-state index contributed by atoms with van der Waals surface area (Å²) in [5, 5.41) is 32.7. The lowest BCUT2D eigenvalue weighted by molar-refractivity contribution is -0.225. The van der Waals surface area contributed by atoms with Crippen molar-refractivity contribution in [3.8, 4) is 0 Å². The van der Waals surface area contributed by atoms with Crippen molar-refractivity contribution in [2.75, 3.05) is 0 Å². The highest BCUT2D eigenvalue weighted by Crippen LogP contribution is 2.77. The Morgan fingerprint density at radius 2 is 1.54 bits per heavy atom. The highest BCUT2D eigenvalue weighted by Gasteiger charge is 2.71. The van der Waals surface area contributed by atoms with Gasteiger partial charge in [0, 0.05) is 12.0 Å². The number of carbonyl (C=O) groups excluding carboxylic acids is 1. The average molecular weight is 708 g/mol. The molecule has 6 heteroatoms. The summed E-state index contributed by atoms with van der Waals surface area (Å²) < 4.78 is 0. The maximum atomic E-state index is 14.7. The van der Waals surface area contributed by atoms with Crippen LogP contribution >= 0.6 is 0 Å². The second kappa shape index (κ2) is 13.0. The molecule has 0 saturated heterocycles. The van der Waals surface area contributed by atoms with Gasteiger partial charge in [0.25, 0.3) is 0 Å². The number of fused-ring (bicyclic) bond motifs is 7. The summed E-state index contributed by atoms with van der Waals surface area (Å²) in [6.45, 7) is 19.3. The fourth-order valence-corrected chi connectivity index (χ4v) is 13.8. The Bertz CT molecular complexity index is 1750. The third-order valence-corrected chi connectivity index (χ3v) is 16.5. The molecule has 0 heterocycles. The van der Waals surface area contributed by atoms with Crippen LogP contribution in [0.3, 0.4) is 0 Å². The topological polar surface area (TPSA) is 107 Å². The zero-order valence-corrected chi connectivity index (χ0v) is 32.3. The Morgan fingerprint density at radius 3 is 2.17 bits per heavy atom. The van der Waals surface area contributed by atoms with E-state index < -0.39 is 23.7 Å². The second-order valence-corrected chi connectivity index (χ2v) is 18.9. The van der Waals surface area contributed by atoms with Gasteiger partial charge in [-0.05, 0) is 133 Å². The Labute approximate surface area is 311 Å². The first kappa shape index (κ1) is 37.1. The van der Waals surface area contributed by atoms with E-state index >= 15 is 0 Å². The molecule has 0 radical (unpaired) electrons. The van der Waals surface area contributed by atoms with Crippen molar-refractivity contribution in [1.82, 2.24) is 5.32 Å². The minimum atomic E-state index is -1.46. The predicted octanol–water partition coefficient (Wildman–Crippen LogP) is 9.13. The molecule has 4 N–H and O–H groups in total. The number of carboxylic acids is 1. The second-order valence-electron chi connectivity index (χ2n) is 18.9. The summed E-state index contributed by atoms with van der Waals surface area (Å²) >= 11 is 0. The average Bonchev–Trinajstić information content (AvgIpc) is 3.50. The van der Waals surface area contributed by atoms with Crippen LogP contribution in [0.25, 0.3) is 5.57 Å². The smallest absolute Gasteiger partial charge is 0.326 e. The van der Waals surface area contributed by atoms with Gasteiger partial charge in [-0.3, -0.25) is 4.79 Å². The summed E-state index contributed by atoms with van der Waals surface area (Å²) in [6.07, 6.45) is 10.4. The van der Waals surface area contributed by atoms with Gasteiger partial charge in [0.15, 0.2) is 6.29 Å². The lowest BCUT2D eigenvalue weighted by Gasteiger charge is -2.72. The van der Waals surface area contributed by atoms with E-state index in [1.54, 1.807) is 0 Å². The summed E-state index contributed by atoms with van der Waals surface area (Å²) in [6, 6.07) is 16.4. The third kappa shape index (κ3) is 5.48. The first-order valence-electron chi connectivity index (χ1n) is 19.9. The number of aliphatic carboxylic acids is 1. The van der Waals surface area contributed by atoms with E-state index in [0.29, 0.717) is 23.3 Å². The van der Waals surface area contributed by atoms with Crippen molar-refractivity contribution in [1.29, 1.82) is 0 Å². The highest BCUT2D eigenvalue weighted by atomic mass is 16.5. The van der Waals surface area contributed by atoms with E-state index in [1.165, 1.54) is 23.1 Å². The van der Waals surface area contributed by atoms with Crippen LogP contribution in [0.1, 0.15) is 122 Å². The van der Waals surface area contributed by atoms with Crippen LogP contribution in [0.15, 0.2) is 72.8 Å². The van der Waals surface area contributed by atoms with Gasteiger partial charge in [-0.15, -0.1) is 0 Å². The van der Waals surface area contributed by atoms with Crippen molar-refractivity contribution >= 4 is 17.4 Å². The minimum absolute atomic E-state index is 0.0395. The predicted molar refractivity (Wildman–Crippen MR) is 206 cm³/mol. The molecule has 280 valence electrons. The number of rotatable bonds is 8. The number of aliphatic hydroxyl groups excluding tert-OH is 1. The molecule has 5 aliphatic rings. The molecule has 0 aliphatic heterocycles. The van der Waals surface area contributed by atoms with Crippen LogP contribution in [0.5, 0.6) is 0 Å². The molecule has 52 heavy (non-hydrogen) atoms. The van der Waals surface area contributed by atoms with Crippen molar-refractivity contribution in [2.45, 2.75) is 118 Å². The maximum Gasteiger partial charge on any atom is 0.326 e. The van der Waals surface area contributed by atoms with Crippen molar-refractivity contribution in [2.24, 2.45) is 56.7 Å². The van der Waals surface area contributed by atoms with Crippen LogP contribution < -0.4 is 5.32 Å². The number of nitrogens with one attached hydrogen (secondary N) is 1. The molecule has 1 amide bonds. The highest BCUT2D eigenvalue weighted by molar-refractivity contribution is 5.88. The molecule has 0 bridgehead atoms. The lowest BCUT2D eigenvalue weighted by atomic mass is 9.32. The monoisotopic (exact) mass is 707 g/mol. The Hall–Kier alpha value is -3.22. The van der Waals surface area contributed by atoms with Crippen LogP contribution in [-0.4, -0.2) is 33.2 Å². The Morgan fingerprint density at radius 1 is 0.846 bits per heavy atom. The number of benzene rings is 2. The number of allylic oxidation sites excluding steroid dienone is 3. The van der Waals surface area contributed by atoms with E-state index in [4.69, 9.17) is 0 Å².